The van der Waals surface area contributed by atoms with Crippen LogP contribution >= 0.6 is 0 Å². The summed E-state index contributed by atoms with van der Waals surface area (Å²) in [7, 11) is 0. The molecule has 4 nitrogen and oxygen atoms in total. The number of fused-ring (bicyclic) bond motifs is 9. The number of furan rings is 1. The maximum Gasteiger partial charge on any atom is 0.164 e. The molecule has 0 bridgehead atoms. The highest BCUT2D eigenvalue weighted by Crippen LogP contribution is 2.42. The Hall–Kier alpha value is -7.17. The third-order valence-corrected chi connectivity index (χ3v) is 10.5. The van der Waals surface area contributed by atoms with Crippen LogP contribution in [0.1, 0.15) is 0 Å². The fourth-order valence-electron chi connectivity index (χ4n) is 7.96. The van der Waals surface area contributed by atoms with E-state index in [-0.39, 0.29) is 0 Å². The molecule has 0 fully saturated rings. The standard InChI is InChI=1S/C49H29N3O/c1-2-12-32(13-3-1)47-50-48(36-25-26-38-35(27-36)24-23-31-22-21-30-11-6-7-16-37(30)45(31)38)52-49(51-47)42-29-34-15-5-4-14-33(34)28-41(42)39-18-10-20-44-46(39)40-17-8-9-19-43(40)53-44/h1-29H. The van der Waals surface area contributed by atoms with Crippen LogP contribution < -0.4 is 0 Å². The molecule has 0 atom stereocenters. The van der Waals surface area contributed by atoms with Gasteiger partial charge >= 0.3 is 0 Å². The van der Waals surface area contributed by atoms with Gasteiger partial charge in [0.15, 0.2) is 17.5 Å². The van der Waals surface area contributed by atoms with Gasteiger partial charge in [-0.2, -0.15) is 0 Å². The minimum atomic E-state index is 0.615. The highest BCUT2D eigenvalue weighted by Gasteiger charge is 2.20. The Kier molecular flexibility index (Phi) is 6.52. The molecule has 0 spiro atoms. The molecular weight excluding hydrogens is 647 g/mol. The van der Waals surface area contributed by atoms with Crippen molar-refractivity contribution in [1.29, 1.82) is 0 Å². The predicted molar refractivity (Wildman–Crippen MR) is 219 cm³/mol. The Morgan fingerprint density at radius 2 is 0.906 bits per heavy atom. The third-order valence-electron chi connectivity index (χ3n) is 10.5. The van der Waals surface area contributed by atoms with Crippen molar-refractivity contribution in [2.24, 2.45) is 0 Å². The molecular formula is C49H29N3O. The van der Waals surface area contributed by atoms with E-state index < -0.39 is 0 Å². The van der Waals surface area contributed by atoms with Gasteiger partial charge < -0.3 is 4.42 Å². The van der Waals surface area contributed by atoms with Crippen LogP contribution in [0.2, 0.25) is 0 Å². The second-order valence-electron chi connectivity index (χ2n) is 13.6. The van der Waals surface area contributed by atoms with Gasteiger partial charge in [-0.15, -0.1) is 0 Å². The molecule has 0 unspecified atom stereocenters. The number of rotatable bonds is 4. The van der Waals surface area contributed by atoms with E-state index in [1.54, 1.807) is 0 Å². The van der Waals surface area contributed by atoms with Crippen molar-refractivity contribution < 1.29 is 4.42 Å². The molecule has 0 N–H and O–H groups in total. The first-order valence-corrected chi connectivity index (χ1v) is 17.9. The van der Waals surface area contributed by atoms with E-state index in [2.05, 4.69) is 140 Å². The Morgan fingerprint density at radius 1 is 0.302 bits per heavy atom. The molecule has 2 heterocycles. The molecule has 0 aliphatic carbocycles. The van der Waals surface area contributed by atoms with E-state index in [1.807, 2.05) is 36.4 Å². The van der Waals surface area contributed by atoms with E-state index in [9.17, 15) is 0 Å². The van der Waals surface area contributed by atoms with Crippen LogP contribution in [0.25, 0.3) is 110 Å². The van der Waals surface area contributed by atoms with Gasteiger partial charge in [0.25, 0.3) is 0 Å². The first-order valence-electron chi connectivity index (χ1n) is 17.9. The predicted octanol–water partition coefficient (Wildman–Crippen LogP) is 13.1. The number of nitrogens with zero attached hydrogens (tertiary/aromatic N) is 3. The van der Waals surface area contributed by atoms with Gasteiger partial charge in [0.2, 0.25) is 0 Å². The van der Waals surface area contributed by atoms with Crippen LogP contribution in [-0.4, -0.2) is 15.0 Å². The number of para-hydroxylation sites is 1. The van der Waals surface area contributed by atoms with Crippen LogP contribution in [0, 0.1) is 0 Å². The molecule has 11 aromatic rings. The number of aromatic nitrogens is 3. The summed E-state index contributed by atoms with van der Waals surface area (Å²) in [6.07, 6.45) is 0. The SMILES string of the molecule is c1ccc(-c2nc(-c3ccc4c(ccc5ccc6ccccc6c54)c3)nc(-c3cc4ccccc4cc3-c3cccc4oc5ccccc5c34)n2)cc1. The van der Waals surface area contributed by atoms with Gasteiger partial charge in [-0.25, -0.2) is 15.0 Å². The summed E-state index contributed by atoms with van der Waals surface area (Å²) >= 11 is 0. The lowest BCUT2D eigenvalue weighted by molar-refractivity contribution is 0.669. The van der Waals surface area contributed by atoms with Gasteiger partial charge in [0, 0.05) is 27.5 Å². The summed E-state index contributed by atoms with van der Waals surface area (Å²) in [5, 5.41) is 11.7. The number of hydrogen-bond acceptors (Lipinski definition) is 4. The second kappa shape index (κ2) is 11.7. The van der Waals surface area contributed by atoms with E-state index in [0.717, 1.165) is 65.9 Å². The third kappa shape index (κ3) is 4.80. The topological polar surface area (TPSA) is 51.8 Å². The summed E-state index contributed by atoms with van der Waals surface area (Å²) in [5.41, 5.74) is 6.61. The lowest BCUT2D eigenvalue weighted by Gasteiger charge is -2.15. The molecule has 0 aliphatic rings. The molecule has 11 rings (SSSR count). The van der Waals surface area contributed by atoms with Gasteiger partial charge in [-0.05, 0) is 84.5 Å². The molecule has 0 saturated carbocycles. The minimum absolute atomic E-state index is 0.615. The highest BCUT2D eigenvalue weighted by molar-refractivity contribution is 6.20. The summed E-state index contributed by atoms with van der Waals surface area (Å²) in [6, 6.07) is 61.6. The summed E-state index contributed by atoms with van der Waals surface area (Å²) in [6.45, 7) is 0. The average molecular weight is 676 g/mol. The quantitative estimate of drug-likeness (QED) is 0.174. The van der Waals surface area contributed by atoms with Crippen molar-refractivity contribution in [3.63, 3.8) is 0 Å². The first-order chi connectivity index (χ1) is 26.2. The largest absolute Gasteiger partial charge is 0.456 e. The molecule has 0 aliphatic heterocycles. The van der Waals surface area contributed by atoms with E-state index >= 15 is 0 Å². The van der Waals surface area contributed by atoms with Crippen LogP contribution in [0.15, 0.2) is 180 Å². The van der Waals surface area contributed by atoms with Gasteiger partial charge in [-0.1, -0.05) is 146 Å². The van der Waals surface area contributed by atoms with Crippen LogP contribution in [0.3, 0.4) is 0 Å². The van der Waals surface area contributed by atoms with Crippen LogP contribution in [-0.2, 0) is 0 Å². The van der Waals surface area contributed by atoms with E-state index in [4.69, 9.17) is 19.4 Å². The Bertz CT molecular complexity index is 3240. The van der Waals surface area contributed by atoms with Crippen molar-refractivity contribution >= 4 is 65.0 Å². The fourth-order valence-corrected chi connectivity index (χ4v) is 7.96. The second-order valence-corrected chi connectivity index (χ2v) is 13.6. The fraction of sp³-hybridized carbons (Fsp3) is 0. The first kappa shape index (κ1) is 29.5. The lowest BCUT2D eigenvalue weighted by Crippen LogP contribution is -2.01. The van der Waals surface area contributed by atoms with Crippen molar-refractivity contribution in [2.45, 2.75) is 0 Å². The molecule has 246 valence electrons. The van der Waals surface area contributed by atoms with Gasteiger partial charge in [0.05, 0.1) is 0 Å². The zero-order chi connectivity index (χ0) is 34.9. The van der Waals surface area contributed by atoms with Crippen molar-refractivity contribution in [3.05, 3.63) is 176 Å². The van der Waals surface area contributed by atoms with Crippen LogP contribution in [0.4, 0.5) is 0 Å². The summed E-state index contributed by atoms with van der Waals surface area (Å²) in [5.74, 6) is 1.87. The molecule has 2 aromatic heterocycles. The maximum atomic E-state index is 6.35. The van der Waals surface area contributed by atoms with Gasteiger partial charge in [0.1, 0.15) is 11.2 Å². The van der Waals surface area contributed by atoms with Crippen molar-refractivity contribution in [2.75, 3.05) is 0 Å². The Labute approximate surface area is 304 Å². The number of benzene rings is 9. The number of hydrogen-bond donors (Lipinski definition) is 0. The Morgan fingerprint density at radius 3 is 1.74 bits per heavy atom. The average Bonchev–Trinajstić information content (AvgIpc) is 3.62. The highest BCUT2D eigenvalue weighted by atomic mass is 16.3. The zero-order valence-corrected chi connectivity index (χ0v) is 28.5. The smallest absolute Gasteiger partial charge is 0.164 e. The Balaban J connectivity index is 1.17. The van der Waals surface area contributed by atoms with E-state index in [0.29, 0.717) is 17.5 Å². The molecule has 4 heteroatoms. The summed E-state index contributed by atoms with van der Waals surface area (Å²) < 4.78 is 6.35. The normalized spacial score (nSPS) is 11.8. The maximum absolute atomic E-state index is 6.35. The van der Waals surface area contributed by atoms with Crippen LogP contribution in [0.5, 0.6) is 0 Å². The lowest BCUT2D eigenvalue weighted by atomic mass is 9.92. The van der Waals surface area contributed by atoms with Gasteiger partial charge in [-0.3, -0.25) is 0 Å². The summed E-state index contributed by atoms with van der Waals surface area (Å²) in [4.78, 5) is 15.6. The molecule has 53 heavy (non-hydrogen) atoms. The minimum Gasteiger partial charge on any atom is -0.456 e. The molecule has 0 radical (unpaired) electrons. The van der Waals surface area contributed by atoms with Crippen molar-refractivity contribution in [3.8, 4) is 45.3 Å². The van der Waals surface area contributed by atoms with E-state index in [1.165, 1.54) is 26.9 Å². The molecule has 0 amide bonds. The zero-order valence-electron chi connectivity index (χ0n) is 28.5. The van der Waals surface area contributed by atoms with Crippen molar-refractivity contribution in [1.82, 2.24) is 15.0 Å². The molecule has 9 aromatic carbocycles. The monoisotopic (exact) mass is 675 g/mol. The molecule has 0 saturated heterocycles.